The average Bonchev–Trinajstić information content (AvgIpc) is 2.74. The Kier molecular flexibility index (Phi) is 13.7. The molecule has 1 aromatic rings. The van der Waals surface area contributed by atoms with E-state index in [1.54, 1.807) is 18.2 Å². The van der Waals surface area contributed by atoms with Crippen LogP contribution in [-0.2, 0) is 23.9 Å². The van der Waals surface area contributed by atoms with Crippen LogP contribution >= 0.6 is 28.4 Å². The second-order valence-corrected chi connectivity index (χ2v) is 16.9. The second kappa shape index (κ2) is 15.3. The molecular weight excluding hydrogens is 547 g/mol. The van der Waals surface area contributed by atoms with Crippen LogP contribution in [0.15, 0.2) is 24.3 Å². The highest BCUT2D eigenvalue weighted by Crippen LogP contribution is 2.53. The Balaban J connectivity index is 2.44. The summed E-state index contributed by atoms with van der Waals surface area (Å²) < 4.78 is 16.0. The molecule has 0 fully saturated rings. The van der Waals surface area contributed by atoms with Gasteiger partial charge in [-0.1, -0.05) is 19.4 Å². The van der Waals surface area contributed by atoms with Crippen molar-refractivity contribution >= 4 is 51.9 Å². The Morgan fingerprint density at radius 3 is 2.62 bits per heavy atom. The van der Waals surface area contributed by atoms with Gasteiger partial charge in [-0.15, -0.1) is 0 Å². The van der Waals surface area contributed by atoms with Crippen molar-refractivity contribution in [3.63, 3.8) is 0 Å². The van der Waals surface area contributed by atoms with Crippen LogP contribution in [0.5, 0.6) is 5.75 Å². The highest BCUT2D eigenvalue weighted by molar-refractivity contribution is 14.2. The van der Waals surface area contributed by atoms with Gasteiger partial charge in [-0.2, -0.15) is 7.20 Å². The molecule has 0 saturated heterocycles. The number of benzene rings is 1. The molecule has 2 unspecified atom stereocenters. The van der Waals surface area contributed by atoms with Gasteiger partial charge in [0, 0.05) is 38.6 Å². The summed E-state index contributed by atoms with van der Waals surface area (Å²) in [6, 6.07) is 7.17. The highest BCUT2D eigenvalue weighted by atomic mass is 127. The van der Waals surface area contributed by atoms with E-state index in [1.165, 1.54) is 32.6 Å². The number of methoxy groups -OCH3 is 1. The molecule has 2 amide bonds. The van der Waals surface area contributed by atoms with E-state index in [1.807, 2.05) is 6.07 Å². The van der Waals surface area contributed by atoms with Crippen molar-refractivity contribution in [3.8, 4) is 5.75 Å². The van der Waals surface area contributed by atoms with Crippen molar-refractivity contribution in [1.82, 2.24) is 5.32 Å². The number of nitrogens with one attached hydrogen (secondary N) is 2. The Hall–Kier alpha value is -1.53. The van der Waals surface area contributed by atoms with E-state index < -0.39 is 19.5 Å². The normalized spacial score (nSPS) is 14.5. The van der Waals surface area contributed by atoms with Gasteiger partial charge in [-0.05, 0) is 57.5 Å². The van der Waals surface area contributed by atoms with E-state index in [0.717, 1.165) is 5.75 Å². The fourth-order valence-electron chi connectivity index (χ4n) is 2.62. The molecule has 182 valence electrons. The Bertz CT molecular complexity index is 747. The van der Waals surface area contributed by atoms with Gasteiger partial charge in [0.05, 0.1) is 6.61 Å². The molecule has 2 atom stereocenters. The molecule has 0 heterocycles. The first kappa shape index (κ1) is 28.5. The Morgan fingerprint density at radius 1 is 1.22 bits per heavy atom. The molecule has 0 spiro atoms. The van der Waals surface area contributed by atoms with Gasteiger partial charge >= 0.3 is 5.97 Å². The zero-order valence-corrected chi connectivity index (χ0v) is 22.3. The Morgan fingerprint density at radius 2 is 1.97 bits per heavy atom. The SMILES string of the molecule is CCCCS(C)(I)CCC(=O)Nc1cccc(OCCC(OC)OC(=O)CNC(C)=O)c1. The number of hydrogen-bond acceptors (Lipinski definition) is 6. The van der Waals surface area contributed by atoms with Crippen molar-refractivity contribution in [1.29, 1.82) is 0 Å². The third-order valence-electron chi connectivity index (χ3n) is 4.43. The number of halogens is 1. The maximum Gasteiger partial charge on any atom is 0.327 e. The van der Waals surface area contributed by atoms with Gasteiger partial charge in [-0.25, -0.2) is 0 Å². The van der Waals surface area contributed by atoms with E-state index in [0.29, 0.717) is 24.3 Å². The second-order valence-electron chi connectivity index (χ2n) is 7.44. The fraction of sp³-hybridized carbons (Fsp3) is 0.591. The molecule has 1 aromatic carbocycles. The first-order valence-corrected chi connectivity index (χ1v) is 15.5. The molecule has 2 N–H and O–H groups in total. The monoisotopic (exact) mass is 582 g/mol. The maximum absolute atomic E-state index is 12.4. The number of ether oxygens (including phenoxy) is 3. The smallest absolute Gasteiger partial charge is 0.327 e. The van der Waals surface area contributed by atoms with Gasteiger partial charge in [0.15, 0.2) is 0 Å². The summed E-state index contributed by atoms with van der Waals surface area (Å²) in [5, 5.41) is 5.30. The number of anilines is 1. The molecule has 32 heavy (non-hydrogen) atoms. The minimum Gasteiger partial charge on any atom is -0.493 e. The number of amides is 2. The Labute approximate surface area is 204 Å². The van der Waals surface area contributed by atoms with Crippen LogP contribution in [0.25, 0.3) is 0 Å². The van der Waals surface area contributed by atoms with Crippen molar-refractivity contribution in [3.05, 3.63) is 24.3 Å². The van der Waals surface area contributed by atoms with E-state index >= 15 is 0 Å². The van der Waals surface area contributed by atoms with Crippen molar-refractivity contribution < 1.29 is 28.6 Å². The van der Waals surface area contributed by atoms with Gasteiger partial charge in [-0.3, -0.25) is 14.4 Å². The minimum absolute atomic E-state index is 0.000399. The number of carbonyl (C=O) groups is 3. The lowest BCUT2D eigenvalue weighted by Crippen LogP contribution is -2.32. The summed E-state index contributed by atoms with van der Waals surface area (Å²) in [7, 11) is 0.665. The number of rotatable bonds is 15. The summed E-state index contributed by atoms with van der Waals surface area (Å²) in [6.45, 7) is 3.54. The van der Waals surface area contributed by atoms with Crippen LogP contribution in [-0.4, -0.2) is 62.1 Å². The zero-order chi connectivity index (χ0) is 24.0. The molecule has 0 radical (unpaired) electrons. The third kappa shape index (κ3) is 13.1. The lowest BCUT2D eigenvalue weighted by Gasteiger charge is -2.28. The number of carbonyl (C=O) groups excluding carboxylic acids is 3. The number of hydrogen-bond donors (Lipinski definition) is 2. The predicted molar refractivity (Wildman–Crippen MR) is 138 cm³/mol. The predicted octanol–water partition coefficient (Wildman–Crippen LogP) is 4.02. The van der Waals surface area contributed by atoms with Crippen molar-refractivity contribution in [2.24, 2.45) is 0 Å². The van der Waals surface area contributed by atoms with Crippen molar-refractivity contribution in [2.75, 3.05) is 43.3 Å². The van der Waals surface area contributed by atoms with Crippen LogP contribution < -0.4 is 15.4 Å². The topological polar surface area (TPSA) is 103 Å². The quantitative estimate of drug-likeness (QED) is 0.184. The van der Waals surface area contributed by atoms with E-state index in [4.69, 9.17) is 14.2 Å². The van der Waals surface area contributed by atoms with Crippen LogP contribution in [0.3, 0.4) is 0 Å². The minimum atomic E-state index is -0.781. The largest absolute Gasteiger partial charge is 0.493 e. The summed E-state index contributed by atoms with van der Waals surface area (Å²) in [5.41, 5.74) is 0.677. The summed E-state index contributed by atoms with van der Waals surface area (Å²) in [4.78, 5) is 34.9. The van der Waals surface area contributed by atoms with Crippen molar-refractivity contribution in [2.45, 2.75) is 45.8 Å². The summed E-state index contributed by atoms with van der Waals surface area (Å²) >= 11 is 2.53. The molecule has 10 heteroatoms. The molecule has 0 saturated carbocycles. The number of esters is 1. The average molecular weight is 583 g/mol. The van der Waals surface area contributed by atoms with Gasteiger partial charge in [0.25, 0.3) is 0 Å². The molecular formula is C22H35IN2O6S. The van der Waals surface area contributed by atoms with Gasteiger partial charge in [0.2, 0.25) is 18.1 Å². The van der Waals surface area contributed by atoms with Crippen LogP contribution in [0, 0.1) is 0 Å². The lowest BCUT2D eigenvalue weighted by atomic mass is 10.3. The van der Waals surface area contributed by atoms with E-state index in [9.17, 15) is 14.4 Å². The number of unbranched alkanes of at least 4 members (excludes halogenated alkanes) is 1. The summed E-state index contributed by atoms with van der Waals surface area (Å²) in [6.07, 6.45) is 4.69. The standard InChI is InChI=1S/C22H35IN2O6S/c1-5-6-13-32(4,23)14-11-20(27)25-18-8-7-9-19(15-18)30-12-10-22(29-3)31-21(28)16-24-17(2)26/h7-9,15,22H,5-6,10-14,16H2,1-4H3,(H,24,26)(H,25,27). The lowest BCUT2D eigenvalue weighted by molar-refractivity contribution is -0.174. The molecule has 0 bridgehead atoms. The van der Waals surface area contributed by atoms with Gasteiger partial charge < -0.3 is 24.8 Å². The fourth-order valence-corrected chi connectivity index (χ4v) is 5.92. The highest BCUT2D eigenvalue weighted by Gasteiger charge is 2.16. The summed E-state index contributed by atoms with van der Waals surface area (Å²) in [5.74, 6) is 1.79. The third-order valence-corrected chi connectivity index (χ3v) is 9.26. The molecule has 1 rings (SSSR count). The van der Waals surface area contributed by atoms with Crippen LogP contribution in [0.1, 0.15) is 39.5 Å². The molecule has 0 aliphatic rings. The van der Waals surface area contributed by atoms with E-state index in [-0.39, 0.29) is 25.0 Å². The first-order valence-electron chi connectivity index (χ1n) is 10.6. The van der Waals surface area contributed by atoms with Crippen LogP contribution in [0.2, 0.25) is 0 Å². The first-order chi connectivity index (χ1) is 15.1. The van der Waals surface area contributed by atoms with E-state index in [2.05, 4.69) is 45.0 Å². The molecule has 8 nitrogen and oxygen atoms in total. The molecule has 0 aliphatic carbocycles. The zero-order valence-electron chi connectivity index (χ0n) is 19.3. The van der Waals surface area contributed by atoms with Crippen LogP contribution in [0.4, 0.5) is 5.69 Å². The maximum atomic E-state index is 12.4. The van der Waals surface area contributed by atoms with Gasteiger partial charge in [0.1, 0.15) is 12.3 Å². The molecule has 0 aliphatic heterocycles. The molecule has 0 aromatic heterocycles.